The van der Waals surface area contributed by atoms with Crippen molar-refractivity contribution in [2.75, 3.05) is 14.1 Å². The SMILES string of the molecule is CN(C)C(=O)c1ccc(-c2cc(C(F)(F)F)nn2-c2cccc(C(F)(F)P)c2)s1. The summed E-state index contributed by atoms with van der Waals surface area (Å²) in [4.78, 5) is 14.1. The molecule has 0 saturated carbocycles. The molecule has 0 N–H and O–H groups in total. The standard InChI is InChI=1S/C18H15F5N3OPS/c1-25(2)16(27)14-7-6-13(29-14)12-9-15(17(19,20)21)24-26(12)11-5-3-4-10(8-11)18(22,23)28/h3-9H,28H2,1-2H3. The van der Waals surface area contributed by atoms with Gasteiger partial charge in [-0.25, -0.2) is 4.68 Å². The first-order valence-corrected chi connectivity index (χ1v) is 9.54. The minimum absolute atomic E-state index is 0.0454. The van der Waals surface area contributed by atoms with Crippen molar-refractivity contribution in [3.63, 3.8) is 0 Å². The van der Waals surface area contributed by atoms with Crippen LogP contribution < -0.4 is 0 Å². The number of nitrogens with zero attached hydrogens (tertiary/aromatic N) is 3. The summed E-state index contributed by atoms with van der Waals surface area (Å²) >= 11 is 0.993. The molecule has 1 unspecified atom stereocenters. The van der Waals surface area contributed by atoms with Crippen LogP contribution in [0.15, 0.2) is 42.5 Å². The summed E-state index contributed by atoms with van der Waals surface area (Å²) in [5.74, 6) is -0.298. The van der Waals surface area contributed by atoms with E-state index in [9.17, 15) is 26.7 Å². The lowest BCUT2D eigenvalue weighted by atomic mass is 10.2. The number of halogens is 5. The molecule has 0 radical (unpaired) electrons. The largest absolute Gasteiger partial charge is 0.435 e. The molecule has 0 fully saturated rings. The van der Waals surface area contributed by atoms with Crippen molar-refractivity contribution in [2.45, 2.75) is 11.8 Å². The van der Waals surface area contributed by atoms with Crippen LogP contribution in [0.1, 0.15) is 20.9 Å². The third kappa shape index (κ3) is 4.48. The molecule has 0 aliphatic heterocycles. The highest BCUT2D eigenvalue weighted by molar-refractivity contribution is 7.17. The maximum atomic E-state index is 13.6. The molecule has 2 heterocycles. The number of benzene rings is 1. The Morgan fingerprint density at radius 1 is 1.10 bits per heavy atom. The fraction of sp³-hybridized carbons (Fsp3) is 0.222. The molecule has 1 atom stereocenters. The van der Waals surface area contributed by atoms with Gasteiger partial charge in [0.15, 0.2) is 5.69 Å². The lowest BCUT2D eigenvalue weighted by Crippen LogP contribution is -2.20. The van der Waals surface area contributed by atoms with Crippen molar-refractivity contribution in [1.82, 2.24) is 14.7 Å². The van der Waals surface area contributed by atoms with Crippen LogP contribution >= 0.6 is 20.6 Å². The summed E-state index contributed by atoms with van der Waals surface area (Å²) in [7, 11) is 4.50. The van der Waals surface area contributed by atoms with E-state index in [1.165, 1.54) is 44.5 Å². The molecule has 154 valence electrons. The zero-order valence-corrected chi connectivity index (χ0v) is 17.1. The zero-order valence-electron chi connectivity index (χ0n) is 15.2. The number of rotatable bonds is 4. The average molecular weight is 447 g/mol. The average Bonchev–Trinajstić information content (AvgIpc) is 3.27. The van der Waals surface area contributed by atoms with E-state index in [1.807, 2.05) is 0 Å². The molecule has 11 heteroatoms. The van der Waals surface area contributed by atoms with E-state index in [0.29, 0.717) is 9.75 Å². The van der Waals surface area contributed by atoms with Gasteiger partial charge in [0.1, 0.15) is 0 Å². The van der Waals surface area contributed by atoms with Crippen LogP contribution in [0.3, 0.4) is 0 Å². The number of amides is 1. The number of alkyl halides is 5. The Hall–Kier alpha value is -2.32. The summed E-state index contributed by atoms with van der Waals surface area (Å²) < 4.78 is 68.0. The van der Waals surface area contributed by atoms with Gasteiger partial charge in [0.25, 0.3) is 11.6 Å². The van der Waals surface area contributed by atoms with Gasteiger partial charge in [0.05, 0.1) is 21.1 Å². The molecule has 0 bridgehead atoms. The van der Waals surface area contributed by atoms with Gasteiger partial charge in [0.2, 0.25) is 0 Å². The number of carbonyl (C=O) groups excluding carboxylic acids is 1. The van der Waals surface area contributed by atoms with Crippen molar-refractivity contribution in [3.05, 3.63) is 58.6 Å². The molecule has 0 aliphatic carbocycles. The Morgan fingerprint density at radius 3 is 2.38 bits per heavy atom. The van der Waals surface area contributed by atoms with E-state index in [2.05, 4.69) is 5.10 Å². The van der Waals surface area contributed by atoms with Gasteiger partial charge in [-0.2, -0.15) is 27.1 Å². The number of aromatic nitrogens is 2. The van der Waals surface area contributed by atoms with Crippen LogP contribution in [0, 0.1) is 0 Å². The maximum absolute atomic E-state index is 13.6. The number of hydrogen-bond donors (Lipinski definition) is 0. The second kappa shape index (κ2) is 7.50. The molecular formula is C18H15F5N3OPS. The van der Waals surface area contributed by atoms with E-state index < -0.39 is 17.5 Å². The second-order valence-corrected chi connectivity index (χ2v) is 8.17. The summed E-state index contributed by atoms with van der Waals surface area (Å²) in [6, 6.07) is 8.78. The van der Waals surface area contributed by atoms with Crippen molar-refractivity contribution >= 4 is 26.5 Å². The predicted molar refractivity (Wildman–Crippen MR) is 104 cm³/mol. The van der Waals surface area contributed by atoms with Crippen molar-refractivity contribution < 1.29 is 26.7 Å². The summed E-state index contributed by atoms with van der Waals surface area (Å²) in [6.07, 6.45) is -4.72. The Bertz CT molecular complexity index is 1050. The predicted octanol–water partition coefficient (Wildman–Crippen LogP) is 5.25. The molecule has 4 nitrogen and oxygen atoms in total. The van der Waals surface area contributed by atoms with Gasteiger partial charge in [-0.3, -0.25) is 4.79 Å². The third-order valence-electron chi connectivity index (χ3n) is 3.95. The normalized spacial score (nSPS) is 12.3. The highest BCUT2D eigenvalue weighted by Gasteiger charge is 2.36. The molecule has 1 amide bonds. The highest BCUT2D eigenvalue weighted by atomic mass is 32.1. The summed E-state index contributed by atoms with van der Waals surface area (Å²) in [5.41, 5.74) is -4.70. The number of carbonyl (C=O) groups is 1. The minimum Gasteiger partial charge on any atom is -0.344 e. The van der Waals surface area contributed by atoms with E-state index in [1.54, 1.807) is 14.1 Å². The maximum Gasteiger partial charge on any atom is 0.435 e. The van der Waals surface area contributed by atoms with Crippen molar-refractivity contribution in [2.24, 2.45) is 0 Å². The molecule has 3 aromatic rings. The lowest BCUT2D eigenvalue weighted by Gasteiger charge is -2.13. The van der Waals surface area contributed by atoms with Gasteiger partial charge in [-0.05, 0) is 30.3 Å². The van der Waals surface area contributed by atoms with Crippen LogP contribution in [0.4, 0.5) is 22.0 Å². The third-order valence-corrected chi connectivity index (χ3v) is 5.38. The smallest absolute Gasteiger partial charge is 0.344 e. The van der Waals surface area contributed by atoms with Gasteiger partial charge < -0.3 is 4.90 Å². The summed E-state index contributed by atoms with van der Waals surface area (Å²) in [6.45, 7) is 0. The van der Waals surface area contributed by atoms with Gasteiger partial charge in [-0.1, -0.05) is 21.4 Å². The Morgan fingerprint density at radius 2 is 1.79 bits per heavy atom. The fourth-order valence-corrected chi connectivity index (χ4v) is 3.76. The van der Waals surface area contributed by atoms with Crippen molar-refractivity contribution in [1.29, 1.82) is 0 Å². The van der Waals surface area contributed by atoms with Crippen LogP contribution in [-0.2, 0) is 11.8 Å². The first kappa shape index (κ1) is 21.4. The van der Waals surface area contributed by atoms with Crippen LogP contribution in [0.5, 0.6) is 0 Å². The Labute approximate surface area is 169 Å². The van der Waals surface area contributed by atoms with E-state index in [0.717, 1.165) is 28.2 Å². The molecule has 3 rings (SSSR count). The molecule has 0 spiro atoms. The fourth-order valence-electron chi connectivity index (χ4n) is 2.55. The van der Waals surface area contributed by atoms with Crippen LogP contribution in [-0.4, -0.2) is 34.7 Å². The lowest BCUT2D eigenvalue weighted by molar-refractivity contribution is -0.141. The number of hydrogen-bond acceptors (Lipinski definition) is 3. The second-order valence-electron chi connectivity index (χ2n) is 6.36. The van der Waals surface area contributed by atoms with E-state index >= 15 is 0 Å². The Balaban J connectivity index is 2.16. The number of thiophene rings is 1. The monoisotopic (exact) mass is 447 g/mol. The molecule has 1 aromatic carbocycles. The molecule has 29 heavy (non-hydrogen) atoms. The summed E-state index contributed by atoms with van der Waals surface area (Å²) in [5, 5.41) is 3.59. The molecular weight excluding hydrogens is 432 g/mol. The van der Waals surface area contributed by atoms with Crippen LogP contribution in [0.2, 0.25) is 0 Å². The first-order chi connectivity index (χ1) is 13.4. The minimum atomic E-state index is -4.72. The quantitative estimate of drug-likeness (QED) is 0.405. The molecule has 0 aliphatic rings. The highest BCUT2D eigenvalue weighted by Crippen LogP contribution is 2.38. The van der Waals surface area contributed by atoms with E-state index in [4.69, 9.17) is 0 Å². The van der Waals surface area contributed by atoms with Gasteiger partial charge >= 0.3 is 6.18 Å². The van der Waals surface area contributed by atoms with Crippen LogP contribution in [0.25, 0.3) is 16.3 Å². The van der Waals surface area contributed by atoms with Gasteiger partial charge in [0, 0.05) is 19.7 Å². The zero-order chi connectivity index (χ0) is 21.6. The molecule has 0 saturated heterocycles. The van der Waals surface area contributed by atoms with Gasteiger partial charge in [-0.15, -0.1) is 11.3 Å². The topological polar surface area (TPSA) is 38.1 Å². The van der Waals surface area contributed by atoms with Crippen molar-refractivity contribution in [3.8, 4) is 16.3 Å². The molecule has 2 aromatic heterocycles. The first-order valence-electron chi connectivity index (χ1n) is 8.14. The Kier molecular flexibility index (Phi) is 5.53. The van der Waals surface area contributed by atoms with E-state index in [-0.39, 0.29) is 22.9 Å².